The zero-order chi connectivity index (χ0) is 19.4. The average molecular weight is 364 g/mol. The van der Waals surface area contributed by atoms with Crippen molar-refractivity contribution in [3.63, 3.8) is 0 Å². The second-order valence-corrected chi connectivity index (χ2v) is 8.25. The molecule has 3 aromatic carbocycles. The van der Waals surface area contributed by atoms with Crippen molar-refractivity contribution in [3.05, 3.63) is 75.6 Å². The normalized spacial score (nSPS) is 13.6. The molecule has 0 saturated carbocycles. The molecule has 138 valence electrons. The van der Waals surface area contributed by atoms with Crippen molar-refractivity contribution in [1.82, 2.24) is 4.98 Å². The molecule has 0 amide bonds. The van der Waals surface area contributed by atoms with E-state index in [0.29, 0.717) is 0 Å². The number of nitrogens with one attached hydrogen (secondary N) is 1. The van der Waals surface area contributed by atoms with Gasteiger partial charge in [0.2, 0.25) is 0 Å². The topological polar surface area (TPSA) is 20.1 Å². The van der Waals surface area contributed by atoms with Gasteiger partial charge in [0.05, 0.1) is 6.57 Å². The summed E-state index contributed by atoms with van der Waals surface area (Å²) < 4.78 is 0. The second kappa shape index (κ2) is 6.24. The summed E-state index contributed by atoms with van der Waals surface area (Å²) in [5.74, 6) is 0. The molecule has 1 aliphatic carbocycles. The number of hydrogen-bond acceptors (Lipinski definition) is 0. The highest BCUT2D eigenvalue weighted by Gasteiger charge is 2.20. The molecular weight excluding hydrogens is 340 g/mol. The molecule has 0 saturated heterocycles. The molecule has 0 fully saturated rings. The van der Waals surface area contributed by atoms with E-state index in [1.807, 2.05) is 0 Å². The lowest BCUT2D eigenvalue weighted by Crippen LogP contribution is -2.03. The van der Waals surface area contributed by atoms with Crippen molar-refractivity contribution in [1.29, 1.82) is 0 Å². The summed E-state index contributed by atoms with van der Waals surface area (Å²) in [6, 6.07) is 13.4. The fraction of sp³-hybridized carbons (Fsp3) is 0.269. The van der Waals surface area contributed by atoms with E-state index in [-0.39, 0.29) is 0 Å². The first-order valence-electron chi connectivity index (χ1n) is 10.1. The molecule has 28 heavy (non-hydrogen) atoms. The second-order valence-electron chi connectivity index (χ2n) is 8.25. The van der Waals surface area contributed by atoms with Crippen molar-refractivity contribution < 1.29 is 0 Å². The van der Waals surface area contributed by atoms with Gasteiger partial charge in [-0.15, -0.1) is 0 Å². The van der Waals surface area contributed by atoms with Gasteiger partial charge in [-0.25, -0.2) is 4.85 Å². The van der Waals surface area contributed by atoms with Crippen LogP contribution in [0, 0.1) is 27.3 Å². The fourth-order valence-electron chi connectivity index (χ4n) is 5.22. The summed E-state index contributed by atoms with van der Waals surface area (Å²) in [4.78, 5) is 7.41. The zero-order valence-corrected chi connectivity index (χ0v) is 16.7. The van der Waals surface area contributed by atoms with Gasteiger partial charge >= 0.3 is 0 Å². The summed E-state index contributed by atoms with van der Waals surface area (Å²) in [6.07, 6.45) is 4.52. The Labute approximate surface area is 166 Å². The molecule has 1 N–H and O–H groups in total. The minimum Gasteiger partial charge on any atom is -0.356 e. The quantitative estimate of drug-likeness (QED) is 0.341. The van der Waals surface area contributed by atoms with E-state index in [9.17, 15) is 0 Å². The highest BCUT2D eigenvalue weighted by Crippen LogP contribution is 2.41. The Kier molecular flexibility index (Phi) is 3.81. The highest BCUT2D eigenvalue weighted by atomic mass is 14.7. The molecule has 5 rings (SSSR count). The summed E-state index contributed by atoms with van der Waals surface area (Å²) in [6.45, 7) is 14.2. The number of hydrogen-bond donors (Lipinski definition) is 1. The number of H-pyrrole nitrogens is 1. The number of aromatic nitrogens is 1. The number of aromatic amines is 1. The van der Waals surface area contributed by atoms with Crippen LogP contribution in [0.25, 0.3) is 37.8 Å². The van der Waals surface area contributed by atoms with Crippen molar-refractivity contribution in [2.24, 2.45) is 0 Å². The van der Waals surface area contributed by atoms with Gasteiger partial charge in [0, 0.05) is 21.8 Å². The predicted molar refractivity (Wildman–Crippen MR) is 118 cm³/mol. The number of fused-ring (bicyclic) bond motifs is 5. The van der Waals surface area contributed by atoms with E-state index in [0.717, 1.165) is 29.6 Å². The molecule has 2 heteroatoms. The van der Waals surface area contributed by atoms with Crippen LogP contribution in [-0.2, 0) is 12.8 Å². The molecule has 0 radical (unpaired) electrons. The Morgan fingerprint density at radius 1 is 0.857 bits per heavy atom. The largest absolute Gasteiger partial charge is 0.356 e. The maximum atomic E-state index is 7.62. The monoisotopic (exact) mass is 364 g/mol. The minimum absolute atomic E-state index is 0.833. The molecule has 1 aliphatic rings. The SMILES string of the molecule is [C-]#[N+]c1cc2[nH]c3ccc(-c4c(C)cc(C)cc4C)cc3c2c2c1CCCC2. The highest BCUT2D eigenvalue weighted by molar-refractivity contribution is 6.11. The van der Waals surface area contributed by atoms with Gasteiger partial charge in [-0.05, 0) is 91.6 Å². The molecule has 0 spiro atoms. The molecular formula is C26H24N2. The fourth-order valence-corrected chi connectivity index (χ4v) is 5.22. The molecule has 1 aromatic heterocycles. The van der Waals surface area contributed by atoms with Gasteiger partial charge in [-0.3, -0.25) is 0 Å². The van der Waals surface area contributed by atoms with Gasteiger partial charge in [0.15, 0.2) is 5.69 Å². The first-order valence-corrected chi connectivity index (χ1v) is 10.1. The Bertz CT molecular complexity index is 1270. The van der Waals surface area contributed by atoms with Gasteiger partial charge in [-0.2, -0.15) is 0 Å². The van der Waals surface area contributed by atoms with Crippen molar-refractivity contribution in [2.75, 3.05) is 0 Å². The van der Waals surface area contributed by atoms with Gasteiger partial charge in [0.25, 0.3) is 0 Å². The maximum Gasteiger partial charge on any atom is 0.192 e. The van der Waals surface area contributed by atoms with Crippen LogP contribution >= 0.6 is 0 Å². The number of aryl methyl sites for hydroxylation is 4. The van der Waals surface area contributed by atoms with E-state index in [4.69, 9.17) is 6.57 Å². The Hall–Kier alpha value is -3.05. The van der Waals surface area contributed by atoms with Crippen molar-refractivity contribution in [2.45, 2.75) is 46.5 Å². The summed E-state index contributed by atoms with van der Waals surface area (Å²) in [5, 5.41) is 2.63. The lowest BCUT2D eigenvalue weighted by Gasteiger charge is -2.18. The zero-order valence-electron chi connectivity index (χ0n) is 16.7. The van der Waals surface area contributed by atoms with Crippen LogP contribution in [0.5, 0.6) is 0 Å². The number of nitrogens with zero attached hydrogens (tertiary/aromatic N) is 1. The van der Waals surface area contributed by atoms with E-state index < -0.39 is 0 Å². The van der Waals surface area contributed by atoms with Crippen LogP contribution < -0.4 is 0 Å². The lowest BCUT2D eigenvalue weighted by atomic mass is 9.86. The molecule has 4 aromatic rings. The van der Waals surface area contributed by atoms with E-state index in [1.165, 1.54) is 62.6 Å². The van der Waals surface area contributed by atoms with Gasteiger partial charge in [0.1, 0.15) is 0 Å². The first kappa shape index (κ1) is 17.1. The summed E-state index contributed by atoms with van der Waals surface area (Å²) >= 11 is 0. The predicted octanol–water partition coefficient (Wildman–Crippen LogP) is 7.34. The Balaban J connectivity index is 1.83. The lowest BCUT2D eigenvalue weighted by molar-refractivity contribution is 0.692. The van der Waals surface area contributed by atoms with Crippen LogP contribution in [0.1, 0.15) is 40.7 Å². The van der Waals surface area contributed by atoms with Crippen molar-refractivity contribution >= 4 is 27.5 Å². The van der Waals surface area contributed by atoms with Gasteiger partial charge in [-0.1, -0.05) is 30.2 Å². The minimum atomic E-state index is 0.833. The number of benzene rings is 3. The third-order valence-electron chi connectivity index (χ3n) is 6.27. The van der Waals surface area contributed by atoms with E-state index >= 15 is 0 Å². The molecule has 2 nitrogen and oxygen atoms in total. The standard InChI is InChI=1S/C26H24N2/c1-15-11-16(2)25(17(3)12-15)18-9-10-22-21(13-18)26-20-8-6-5-7-19(20)23(27-4)14-24(26)28-22/h9-14,28H,5-8H2,1-3H3. The summed E-state index contributed by atoms with van der Waals surface area (Å²) in [7, 11) is 0. The van der Waals surface area contributed by atoms with Gasteiger partial charge < -0.3 is 4.98 Å². The van der Waals surface area contributed by atoms with Crippen LogP contribution in [0.15, 0.2) is 36.4 Å². The van der Waals surface area contributed by atoms with Crippen LogP contribution in [0.4, 0.5) is 5.69 Å². The third kappa shape index (κ3) is 2.47. The van der Waals surface area contributed by atoms with Crippen LogP contribution in [0.2, 0.25) is 0 Å². The molecule has 1 heterocycles. The van der Waals surface area contributed by atoms with Crippen molar-refractivity contribution in [3.8, 4) is 11.1 Å². The first-order chi connectivity index (χ1) is 13.6. The van der Waals surface area contributed by atoms with Crippen LogP contribution in [-0.4, -0.2) is 4.98 Å². The van der Waals surface area contributed by atoms with Crippen LogP contribution in [0.3, 0.4) is 0 Å². The van der Waals surface area contributed by atoms with E-state index in [2.05, 4.69) is 67.0 Å². The molecule has 0 aliphatic heterocycles. The Morgan fingerprint density at radius 3 is 2.29 bits per heavy atom. The third-order valence-corrected chi connectivity index (χ3v) is 6.27. The smallest absolute Gasteiger partial charge is 0.192 e. The molecule has 0 bridgehead atoms. The maximum absolute atomic E-state index is 7.62. The molecule has 0 atom stereocenters. The van der Waals surface area contributed by atoms with E-state index in [1.54, 1.807) is 0 Å². The summed E-state index contributed by atoms with van der Waals surface area (Å²) in [5.41, 5.74) is 12.4. The number of rotatable bonds is 1. The molecule has 0 unspecified atom stereocenters. The Morgan fingerprint density at radius 2 is 1.57 bits per heavy atom. The average Bonchev–Trinajstić information content (AvgIpc) is 3.04.